The number of fused-ring (bicyclic) bond motifs is 3. The number of carbonyl (C=O) groups excluding carboxylic acids is 1. The molecule has 0 fully saturated rings. The van der Waals surface area contributed by atoms with Gasteiger partial charge in [-0.15, -0.1) is 11.3 Å². The lowest BCUT2D eigenvalue weighted by molar-refractivity contribution is 0.103. The van der Waals surface area contributed by atoms with E-state index in [1.165, 1.54) is 18.4 Å². The first-order chi connectivity index (χ1) is 13.0. The molecular weight excluding hydrogens is 386 g/mol. The fourth-order valence-electron chi connectivity index (χ4n) is 2.88. The molecule has 0 radical (unpaired) electrons. The summed E-state index contributed by atoms with van der Waals surface area (Å²) in [6.45, 7) is 1.96. The number of carbonyl (C=O) groups is 1. The maximum absolute atomic E-state index is 12.7. The van der Waals surface area contributed by atoms with Crippen LogP contribution in [-0.4, -0.2) is 13.0 Å². The number of hydrogen-bond donors (Lipinski definition) is 1. The number of benzene rings is 2. The van der Waals surface area contributed by atoms with Crippen molar-refractivity contribution in [3.63, 3.8) is 0 Å². The smallest absolute Gasteiger partial charge is 0.345 e. The molecule has 0 spiro atoms. The van der Waals surface area contributed by atoms with Crippen LogP contribution in [0.1, 0.15) is 15.2 Å². The Kier molecular flexibility index (Phi) is 4.37. The molecule has 4 aromatic rings. The summed E-state index contributed by atoms with van der Waals surface area (Å²) in [6.07, 6.45) is 0. The molecule has 2 aromatic heterocycles. The van der Waals surface area contributed by atoms with Crippen molar-refractivity contribution in [3.8, 4) is 5.75 Å². The third kappa shape index (κ3) is 3.18. The van der Waals surface area contributed by atoms with E-state index >= 15 is 0 Å². The fraction of sp³-hybridized carbons (Fsp3) is 0.100. The summed E-state index contributed by atoms with van der Waals surface area (Å²) in [5.41, 5.74) is 1.54. The van der Waals surface area contributed by atoms with E-state index in [-0.39, 0.29) is 5.91 Å². The van der Waals surface area contributed by atoms with E-state index in [9.17, 15) is 9.59 Å². The molecule has 0 atom stereocenters. The Hall–Kier alpha value is -2.83. The number of ether oxygens (including phenoxy) is 1. The van der Waals surface area contributed by atoms with E-state index in [4.69, 9.17) is 20.8 Å². The molecule has 2 aromatic carbocycles. The summed E-state index contributed by atoms with van der Waals surface area (Å²) < 4.78 is 11.4. The summed E-state index contributed by atoms with van der Waals surface area (Å²) in [5, 5.41) is 4.47. The number of amides is 1. The van der Waals surface area contributed by atoms with Crippen molar-refractivity contribution in [3.05, 3.63) is 68.3 Å². The number of methoxy groups -OCH3 is 1. The highest BCUT2D eigenvalue weighted by Crippen LogP contribution is 2.33. The van der Waals surface area contributed by atoms with Crippen LogP contribution in [0.3, 0.4) is 0 Å². The Morgan fingerprint density at radius 3 is 2.74 bits per heavy atom. The quantitative estimate of drug-likeness (QED) is 0.479. The van der Waals surface area contributed by atoms with Gasteiger partial charge < -0.3 is 14.5 Å². The van der Waals surface area contributed by atoms with Gasteiger partial charge in [0.25, 0.3) is 5.91 Å². The van der Waals surface area contributed by atoms with Gasteiger partial charge in [-0.05, 0) is 43.3 Å². The molecule has 0 aliphatic rings. The minimum Gasteiger partial charge on any atom is -0.495 e. The van der Waals surface area contributed by atoms with E-state index in [2.05, 4.69) is 5.32 Å². The van der Waals surface area contributed by atoms with Gasteiger partial charge in [-0.25, -0.2) is 4.79 Å². The van der Waals surface area contributed by atoms with Gasteiger partial charge in [0.2, 0.25) is 0 Å². The maximum atomic E-state index is 12.7. The van der Waals surface area contributed by atoms with Crippen LogP contribution in [0.15, 0.2) is 51.7 Å². The second-order valence-corrected chi connectivity index (χ2v) is 7.53. The summed E-state index contributed by atoms with van der Waals surface area (Å²) in [6, 6.07) is 12.1. The molecule has 4 rings (SSSR count). The minimum atomic E-state index is -0.461. The topological polar surface area (TPSA) is 68.5 Å². The van der Waals surface area contributed by atoms with Crippen LogP contribution in [0.25, 0.3) is 21.1 Å². The average Bonchev–Trinajstić information content (AvgIpc) is 3.09. The highest BCUT2D eigenvalue weighted by atomic mass is 35.5. The van der Waals surface area contributed by atoms with Crippen molar-refractivity contribution in [2.45, 2.75) is 6.92 Å². The first-order valence-electron chi connectivity index (χ1n) is 8.08. The van der Waals surface area contributed by atoms with Gasteiger partial charge in [0.1, 0.15) is 11.3 Å². The van der Waals surface area contributed by atoms with Crippen molar-refractivity contribution in [2.24, 2.45) is 0 Å². The van der Waals surface area contributed by atoms with Gasteiger partial charge in [-0.1, -0.05) is 23.2 Å². The molecule has 0 bridgehead atoms. The van der Waals surface area contributed by atoms with Gasteiger partial charge in [0.05, 0.1) is 27.8 Å². The number of anilines is 1. The van der Waals surface area contributed by atoms with Crippen molar-refractivity contribution in [1.82, 2.24) is 0 Å². The SMILES string of the molecule is COc1ccc(Cl)cc1NC(=O)c1cc2c(=O)oc3ccc(C)cc3c2s1. The lowest BCUT2D eigenvalue weighted by Crippen LogP contribution is -2.11. The van der Waals surface area contributed by atoms with Gasteiger partial charge in [0, 0.05) is 10.4 Å². The monoisotopic (exact) mass is 399 g/mol. The minimum absolute atomic E-state index is 0.350. The van der Waals surface area contributed by atoms with Gasteiger partial charge >= 0.3 is 5.63 Å². The van der Waals surface area contributed by atoms with E-state index < -0.39 is 5.63 Å². The molecule has 0 saturated carbocycles. The third-order valence-corrected chi connectivity index (χ3v) is 5.57. The molecule has 136 valence electrons. The van der Waals surface area contributed by atoms with Gasteiger partial charge in [-0.3, -0.25) is 4.79 Å². The van der Waals surface area contributed by atoms with Crippen LogP contribution in [0.4, 0.5) is 5.69 Å². The molecule has 0 aliphatic carbocycles. The number of halogens is 1. The van der Waals surface area contributed by atoms with Crippen LogP contribution in [0.2, 0.25) is 5.02 Å². The number of rotatable bonds is 3. The summed E-state index contributed by atoms with van der Waals surface area (Å²) in [7, 11) is 1.51. The predicted octanol–water partition coefficient (Wildman–Crippen LogP) is 5.23. The Bertz CT molecular complexity index is 1260. The molecule has 7 heteroatoms. The largest absolute Gasteiger partial charge is 0.495 e. The Balaban J connectivity index is 1.80. The van der Waals surface area contributed by atoms with Crippen molar-refractivity contribution in [1.29, 1.82) is 0 Å². The Morgan fingerprint density at radius 1 is 1.15 bits per heavy atom. The highest BCUT2D eigenvalue weighted by Gasteiger charge is 2.17. The molecule has 0 saturated heterocycles. The highest BCUT2D eigenvalue weighted by molar-refractivity contribution is 7.21. The van der Waals surface area contributed by atoms with Gasteiger partial charge in [-0.2, -0.15) is 0 Å². The fourth-order valence-corrected chi connectivity index (χ4v) is 4.12. The Labute approximate surface area is 163 Å². The summed E-state index contributed by atoms with van der Waals surface area (Å²) >= 11 is 7.26. The zero-order valence-corrected chi connectivity index (χ0v) is 16.0. The van der Waals surface area contributed by atoms with Gasteiger partial charge in [0.15, 0.2) is 0 Å². The van der Waals surface area contributed by atoms with Crippen LogP contribution in [0.5, 0.6) is 5.75 Å². The Morgan fingerprint density at radius 2 is 1.96 bits per heavy atom. The number of nitrogens with one attached hydrogen (secondary N) is 1. The molecule has 0 aliphatic heterocycles. The first-order valence-corrected chi connectivity index (χ1v) is 9.27. The van der Waals surface area contributed by atoms with E-state index in [1.54, 1.807) is 30.3 Å². The van der Waals surface area contributed by atoms with Crippen molar-refractivity contribution >= 4 is 55.6 Å². The molecule has 5 nitrogen and oxygen atoms in total. The summed E-state index contributed by atoms with van der Waals surface area (Å²) in [5.74, 6) is 0.145. The molecule has 1 amide bonds. The lowest BCUT2D eigenvalue weighted by Gasteiger charge is -2.09. The van der Waals surface area contributed by atoms with Crippen molar-refractivity contribution in [2.75, 3.05) is 12.4 Å². The molecule has 27 heavy (non-hydrogen) atoms. The second kappa shape index (κ2) is 6.72. The second-order valence-electron chi connectivity index (χ2n) is 6.04. The molecule has 1 N–H and O–H groups in total. The van der Waals surface area contributed by atoms with Crippen LogP contribution in [-0.2, 0) is 0 Å². The number of thiophene rings is 1. The third-order valence-electron chi connectivity index (χ3n) is 4.17. The molecule has 2 heterocycles. The number of aryl methyl sites for hydroxylation is 1. The average molecular weight is 400 g/mol. The first kappa shape index (κ1) is 17.6. The van der Waals surface area contributed by atoms with E-state index in [1.807, 2.05) is 19.1 Å². The standard InChI is InChI=1S/C20H14ClNO4S/c1-10-3-5-15-12(7-10)18-13(20(24)26-15)9-17(27-18)19(23)22-14-8-11(21)4-6-16(14)25-2/h3-9H,1-2H3,(H,22,23). The predicted molar refractivity (Wildman–Crippen MR) is 109 cm³/mol. The van der Waals surface area contributed by atoms with Crippen LogP contribution < -0.4 is 15.7 Å². The van der Waals surface area contributed by atoms with Crippen molar-refractivity contribution < 1.29 is 13.9 Å². The zero-order valence-electron chi connectivity index (χ0n) is 14.5. The summed E-state index contributed by atoms with van der Waals surface area (Å²) in [4.78, 5) is 25.4. The normalized spacial score (nSPS) is 11.1. The zero-order chi connectivity index (χ0) is 19.1. The van der Waals surface area contributed by atoms with Crippen LogP contribution in [0, 0.1) is 6.92 Å². The molecule has 0 unspecified atom stereocenters. The lowest BCUT2D eigenvalue weighted by atomic mass is 10.1. The van der Waals surface area contributed by atoms with E-state index in [0.717, 1.165) is 15.6 Å². The maximum Gasteiger partial charge on any atom is 0.345 e. The molecular formula is C20H14ClNO4S. The number of hydrogen-bond acceptors (Lipinski definition) is 5. The van der Waals surface area contributed by atoms with Crippen LogP contribution >= 0.6 is 22.9 Å². The van der Waals surface area contributed by atoms with E-state index in [0.29, 0.717) is 32.3 Å².